The molecule has 2 aromatic rings. The lowest BCUT2D eigenvalue weighted by atomic mass is 9.99. The van der Waals surface area contributed by atoms with Crippen molar-refractivity contribution in [3.63, 3.8) is 0 Å². The molecule has 4 aliphatic rings. The number of fused-ring (bicyclic) bond motifs is 1. The number of carbonyl (C=O) groups is 2. The van der Waals surface area contributed by atoms with E-state index >= 15 is 0 Å². The molecule has 0 bridgehead atoms. The van der Waals surface area contributed by atoms with E-state index in [1.807, 2.05) is 34.1 Å². The second kappa shape index (κ2) is 7.51. The van der Waals surface area contributed by atoms with Gasteiger partial charge in [-0.3, -0.25) is 9.59 Å². The molecule has 3 aliphatic heterocycles. The summed E-state index contributed by atoms with van der Waals surface area (Å²) in [5, 5.41) is 4.26. The van der Waals surface area contributed by atoms with Crippen molar-refractivity contribution in [1.29, 1.82) is 0 Å². The van der Waals surface area contributed by atoms with Crippen LogP contribution in [0.3, 0.4) is 0 Å². The largest absolute Gasteiger partial charge is 0.454 e. The van der Waals surface area contributed by atoms with Crippen molar-refractivity contribution in [2.75, 3.05) is 39.6 Å². The Bertz CT molecular complexity index is 1050. The number of piperazine rings is 1. The highest BCUT2D eigenvalue weighted by atomic mass is 16.7. The lowest BCUT2D eigenvalue weighted by Gasteiger charge is -2.37. The standard InChI is InChI=1S/C23H25N3O6/c27-21(17-2-1-11-29-17)25-7-9-26(10-8-25)22(28)23(5-6-23)20-13-18(32-24-20)15-3-4-16-19(12-15)31-14-30-16/h3-4,12-13,17H,1-2,5-11,14H2. The number of nitrogens with zero attached hydrogens (tertiary/aromatic N) is 3. The summed E-state index contributed by atoms with van der Waals surface area (Å²) in [5.41, 5.74) is 0.893. The lowest BCUT2D eigenvalue weighted by Crippen LogP contribution is -2.54. The lowest BCUT2D eigenvalue weighted by molar-refractivity contribution is -0.146. The molecular formula is C23H25N3O6. The third-order valence-electron chi connectivity index (χ3n) is 6.90. The van der Waals surface area contributed by atoms with Crippen molar-refractivity contribution < 1.29 is 28.3 Å². The minimum atomic E-state index is -0.612. The summed E-state index contributed by atoms with van der Waals surface area (Å²) >= 11 is 0. The molecule has 3 fully saturated rings. The van der Waals surface area contributed by atoms with Crippen molar-refractivity contribution in [3.8, 4) is 22.8 Å². The van der Waals surface area contributed by atoms with Gasteiger partial charge in [-0.25, -0.2) is 0 Å². The number of ether oxygens (including phenoxy) is 3. The van der Waals surface area contributed by atoms with Crippen LogP contribution in [0.5, 0.6) is 11.5 Å². The number of amides is 2. The average molecular weight is 439 g/mol. The molecule has 9 nitrogen and oxygen atoms in total. The van der Waals surface area contributed by atoms with Crippen LogP contribution in [0.25, 0.3) is 11.3 Å². The Hall–Kier alpha value is -3.07. The van der Waals surface area contributed by atoms with E-state index in [9.17, 15) is 9.59 Å². The van der Waals surface area contributed by atoms with Gasteiger partial charge in [0.05, 0.1) is 11.1 Å². The summed E-state index contributed by atoms with van der Waals surface area (Å²) in [7, 11) is 0. The summed E-state index contributed by atoms with van der Waals surface area (Å²) in [5.74, 6) is 2.12. The maximum absolute atomic E-state index is 13.4. The van der Waals surface area contributed by atoms with Gasteiger partial charge in [0.1, 0.15) is 6.10 Å². The SMILES string of the molecule is O=C(C1CCCO1)N1CCN(C(=O)C2(c3cc(-c4ccc5c(c4)OCO5)on3)CC2)CC1. The van der Waals surface area contributed by atoms with Crippen LogP contribution in [-0.4, -0.2) is 72.5 Å². The quantitative estimate of drug-likeness (QED) is 0.719. The smallest absolute Gasteiger partial charge is 0.251 e. The van der Waals surface area contributed by atoms with E-state index in [1.54, 1.807) is 0 Å². The van der Waals surface area contributed by atoms with Gasteiger partial charge in [-0.15, -0.1) is 0 Å². The number of aromatic nitrogens is 1. The van der Waals surface area contributed by atoms with Gasteiger partial charge in [0.15, 0.2) is 17.3 Å². The van der Waals surface area contributed by atoms with E-state index in [-0.39, 0.29) is 24.7 Å². The molecule has 1 aliphatic carbocycles. The molecule has 168 valence electrons. The fourth-order valence-corrected chi connectivity index (χ4v) is 4.80. The zero-order chi connectivity index (χ0) is 21.7. The minimum Gasteiger partial charge on any atom is -0.454 e. The molecule has 1 atom stereocenters. The second-order valence-electron chi connectivity index (χ2n) is 8.85. The van der Waals surface area contributed by atoms with E-state index in [0.29, 0.717) is 55.7 Å². The Balaban J connectivity index is 1.13. The maximum atomic E-state index is 13.4. The fourth-order valence-electron chi connectivity index (χ4n) is 4.80. The minimum absolute atomic E-state index is 0.0561. The summed E-state index contributed by atoms with van der Waals surface area (Å²) in [4.78, 5) is 29.7. The molecule has 9 heteroatoms. The van der Waals surface area contributed by atoms with Crippen LogP contribution >= 0.6 is 0 Å². The first-order valence-corrected chi connectivity index (χ1v) is 11.2. The highest BCUT2D eigenvalue weighted by molar-refractivity contribution is 5.91. The molecule has 1 unspecified atom stereocenters. The van der Waals surface area contributed by atoms with Crippen LogP contribution in [0.1, 0.15) is 31.4 Å². The molecule has 32 heavy (non-hydrogen) atoms. The predicted octanol–water partition coefficient (Wildman–Crippen LogP) is 1.95. The van der Waals surface area contributed by atoms with Crippen molar-refractivity contribution in [3.05, 3.63) is 30.0 Å². The van der Waals surface area contributed by atoms with Gasteiger partial charge in [-0.1, -0.05) is 5.16 Å². The molecule has 1 aromatic carbocycles. The summed E-state index contributed by atoms with van der Waals surface area (Å²) in [6.45, 7) is 3.02. The number of hydrogen-bond acceptors (Lipinski definition) is 7. The molecule has 6 rings (SSSR count). The van der Waals surface area contributed by atoms with Crippen LogP contribution in [0.2, 0.25) is 0 Å². The highest BCUT2D eigenvalue weighted by Gasteiger charge is 2.55. The van der Waals surface area contributed by atoms with Gasteiger partial charge < -0.3 is 28.5 Å². The highest BCUT2D eigenvalue weighted by Crippen LogP contribution is 2.50. The van der Waals surface area contributed by atoms with Gasteiger partial charge in [0.2, 0.25) is 12.7 Å². The molecule has 0 spiro atoms. The molecule has 1 aromatic heterocycles. The zero-order valence-electron chi connectivity index (χ0n) is 17.7. The summed E-state index contributed by atoms with van der Waals surface area (Å²) < 4.78 is 21.9. The van der Waals surface area contributed by atoms with E-state index < -0.39 is 5.41 Å². The molecule has 4 heterocycles. The third kappa shape index (κ3) is 3.23. The van der Waals surface area contributed by atoms with Crippen LogP contribution < -0.4 is 9.47 Å². The van der Waals surface area contributed by atoms with Crippen LogP contribution in [0.4, 0.5) is 0 Å². The van der Waals surface area contributed by atoms with Crippen LogP contribution in [0.15, 0.2) is 28.8 Å². The topological polar surface area (TPSA) is 94.3 Å². The van der Waals surface area contributed by atoms with Crippen LogP contribution in [-0.2, 0) is 19.7 Å². The molecular weight excluding hydrogens is 414 g/mol. The molecule has 0 radical (unpaired) electrons. The number of carbonyl (C=O) groups excluding carboxylic acids is 2. The Morgan fingerprint density at radius 2 is 1.78 bits per heavy atom. The Kier molecular flexibility index (Phi) is 4.60. The predicted molar refractivity (Wildman–Crippen MR) is 111 cm³/mol. The first-order chi connectivity index (χ1) is 15.6. The number of hydrogen-bond donors (Lipinski definition) is 0. The van der Waals surface area contributed by atoms with Gasteiger partial charge in [-0.2, -0.15) is 0 Å². The number of benzene rings is 1. The second-order valence-corrected chi connectivity index (χ2v) is 8.85. The molecule has 2 amide bonds. The van der Waals surface area contributed by atoms with E-state index in [1.165, 1.54) is 0 Å². The third-order valence-corrected chi connectivity index (χ3v) is 6.90. The Morgan fingerprint density at radius 1 is 1.00 bits per heavy atom. The Labute approximate surface area is 185 Å². The van der Waals surface area contributed by atoms with Crippen molar-refractivity contribution in [2.24, 2.45) is 0 Å². The normalized spacial score (nSPS) is 23.4. The molecule has 0 N–H and O–H groups in total. The summed E-state index contributed by atoms with van der Waals surface area (Å²) in [6.07, 6.45) is 2.93. The fraction of sp³-hybridized carbons (Fsp3) is 0.522. The van der Waals surface area contributed by atoms with E-state index in [4.69, 9.17) is 18.7 Å². The van der Waals surface area contributed by atoms with Crippen molar-refractivity contribution >= 4 is 11.8 Å². The molecule has 2 saturated heterocycles. The van der Waals surface area contributed by atoms with E-state index in [2.05, 4.69) is 5.16 Å². The average Bonchev–Trinajstić information content (AvgIpc) is 3.27. The van der Waals surface area contributed by atoms with Crippen molar-refractivity contribution in [2.45, 2.75) is 37.2 Å². The van der Waals surface area contributed by atoms with Gasteiger partial charge >= 0.3 is 0 Å². The first-order valence-electron chi connectivity index (χ1n) is 11.2. The number of rotatable bonds is 4. The van der Waals surface area contributed by atoms with Gasteiger partial charge in [0, 0.05) is 44.4 Å². The first kappa shape index (κ1) is 19.6. The Morgan fingerprint density at radius 3 is 2.53 bits per heavy atom. The zero-order valence-corrected chi connectivity index (χ0v) is 17.7. The summed E-state index contributed by atoms with van der Waals surface area (Å²) in [6, 6.07) is 7.46. The van der Waals surface area contributed by atoms with E-state index in [0.717, 1.165) is 31.2 Å². The van der Waals surface area contributed by atoms with Crippen LogP contribution in [0, 0.1) is 0 Å². The van der Waals surface area contributed by atoms with Gasteiger partial charge in [0.25, 0.3) is 5.91 Å². The van der Waals surface area contributed by atoms with Crippen molar-refractivity contribution in [1.82, 2.24) is 15.0 Å². The van der Waals surface area contributed by atoms with Gasteiger partial charge in [-0.05, 0) is 43.9 Å². The maximum Gasteiger partial charge on any atom is 0.251 e. The molecule has 1 saturated carbocycles. The monoisotopic (exact) mass is 439 g/mol.